The van der Waals surface area contributed by atoms with Crippen LogP contribution in [0.2, 0.25) is 0 Å². The highest BCUT2D eigenvalue weighted by Gasteiger charge is 2.33. The zero-order valence-corrected chi connectivity index (χ0v) is 29.0. The normalized spacial score (nSPS) is 14.3. The highest BCUT2D eigenvalue weighted by Crippen LogP contribution is 2.31. The zero-order chi connectivity index (χ0) is 35.4. The Kier molecular flexibility index (Phi) is 10.1. The Morgan fingerprint density at radius 2 is 1.72 bits per heavy atom. The van der Waals surface area contributed by atoms with Crippen LogP contribution in [0.1, 0.15) is 48.3 Å². The predicted octanol–water partition coefficient (Wildman–Crippen LogP) is 5.64. The third kappa shape index (κ3) is 6.99. The third-order valence-electron chi connectivity index (χ3n) is 7.98. The van der Waals surface area contributed by atoms with E-state index in [-0.39, 0.29) is 23.7 Å². The maximum atomic E-state index is 14.4. The van der Waals surface area contributed by atoms with Gasteiger partial charge in [0.15, 0.2) is 4.80 Å². The van der Waals surface area contributed by atoms with Crippen LogP contribution in [0.5, 0.6) is 5.75 Å². The summed E-state index contributed by atoms with van der Waals surface area (Å²) in [5.41, 5.74) is 4.41. The highest BCUT2D eigenvalue weighted by atomic mass is 32.1. The van der Waals surface area contributed by atoms with E-state index in [1.54, 1.807) is 48.0 Å². The van der Waals surface area contributed by atoms with E-state index >= 15 is 0 Å². The van der Waals surface area contributed by atoms with Gasteiger partial charge in [-0.3, -0.25) is 9.36 Å². The third-order valence-corrected chi connectivity index (χ3v) is 8.97. The molecule has 0 amide bonds. The second kappa shape index (κ2) is 14.8. The Labute approximate surface area is 292 Å². The molecule has 50 heavy (non-hydrogen) atoms. The molecule has 0 radical (unpaired) electrons. The molecule has 11 heteroatoms. The van der Waals surface area contributed by atoms with Gasteiger partial charge in [0.05, 0.1) is 46.8 Å². The number of methoxy groups -OCH3 is 1. The first-order valence-corrected chi connectivity index (χ1v) is 16.9. The molecule has 2 aromatic heterocycles. The van der Waals surface area contributed by atoms with Crippen LogP contribution < -0.4 is 19.6 Å². The van der Waals surface area contributed by atoms with Gasteiger partial charge in [0, 0.05) is 17.3 Å². The van der Waals surface area contributed by atoms with Crippen LogP contribution in [0.25, 0.3) is 23.0 Å². The number of nitrogens with zero attached hydrogens (tertiary/aromatic N) is 4. The Bertz CT molecular complexity index is 2260. The molecular formula is C39H36N4O6S. The maximum Gasteiger partial charge on any atom is 0.338 e. The molecule has 0 bridgehead atoms. The van der Waals surface area contributed by atoms with Crippen LogP contribution in [0.4, 0.5) is 0 Å². The first-order valence-electron chi connectivity index (χ1n) is 16.1. The number of allylic oxidation sites excluding steroid dienone is 1. The number of thiazole rings is 1. The molecule has 3 heterocycles. The summed E-state index contributed by atoms with van der Waals surface area (Å²) in [6.07, 6.45) is 5.37. The van der Waals surface area contributed by atoms with Crippen LogP contribution in [0.3, 0.4) is 0 Å². The van der Waals surface area contributed by atoms with E-state index in [2.05, 4.69) is 6.58 Å². The summed E-state index contributed by atoms with van der Waals surface area (Å²) in [5.74, 6) is -0.234. The molecule has 5 aromatic rings. The van der Waals surface area contributed by atoms with Gasteiger partial charge in [-0.25, -0.2) is 19.3 Å². The topological polar surface area (TPSA) is 114 Å². The fraction of sp³-hybridized carbons (Fsp3) is 0.205. The van der Waals surface area contributed by atoms with Crippen molar-refractivity contribution in [1.82, 2.24) is 14.3 Å². The quantitative estimate of drug-likeness (QED) is 0.130. The molecule has 0 aliphatic carbocycles. The molecule has 0 saturated heterocycles. The number of carbonyl (C=O) groups excluding carboxylic acids is 2. The summed E-state index contributed by atoms with van der Waals surface area (Å²) in [6.45, 7) is 9.95. The SMILES string of the molecule is C=CCOc1ccc(-c2nn(-c3ccccc3)cc2C=c2sc3n(c2=O)C(c2ccc(C(=O)OC)cc2)C(C(=O)OCC(C)C)=C(C)N=3)cc1. The fourth-order valence-corrected chi connectivity index (χ4v) is 6.61. The molecule has 1 aliphatic heterocycles. The molecule has 0 N–H and O–H groups in total. The Hall–Kier alpha value is -5.81. The first kappa shape index (κ1) is 34.1. The largest absolute Gasteiger partial charge is 0.490 e. The van der Waals surface area contributed by atoms with E-state index in [1.165, 1.54) is 23.0 Å². The van der Waals surface area contributed by atoms with Gasteiger partial charge in [-0.1, -0.05) is 68.2 Å². The van der Waals surface area contributed by atoms with E-state index in [9.17, 15) is 14.4 Å². The van der Waals surface area contributed by atoms with E-state index in [0.29, 0.717) is 49.8 Å². The molecule has 0 fully saturated rings. The van der Waals surface area contributed by atoms with Gasteiger partial charge < -0.3 is 14.2 Å². The number of hydrogen-bond acceptors (Lipinski definition) is 9. The van der Waals surface area contributed by atoms with Crippen LogP contribution in [0.15, 0.2) is 119 Å². The summed E-state index contributed by atoms with van der Waals surface area (Å²) < 4.78 is 19.9. The summed E-state index contributed by atoms with van der Waals surface area (Å²) in [5, 5.41) is 4.92. The van der Waals surface area contributed by atoms with Crippen LogP contribution >= 0.6 is 11.3 Å². The number of aromatic nitrogens is 3. The summed E-state index contributed by atoms with van der Waals surface area (Å²) in [7, 11) is 1.31. The van der Waals surface area contributed by atoms with E-state index in [4.69, 9.17) is 24.3 Å². The number of ether oxygens (including phenoxy) is 3. The van der Waals surface area contributed by atoms with Crippen molar-refractivity contribution in [2.45, 2.75) is 26.8 Å². The van der Waals surface area contributed by atoms with E-state index in [0.717, 1.165) is 11.3 Å². The predicted molar refractivity (Wildman–Crippen MR) is 192 cm³/mol. The first-order chi connectivity index (χ1) is 24.2. The van der Waals surface area contributed by atoms with Crippen LogP contribution in [0, 0.1) is 5.92 Å². The van der Waals surface area contributed by atoms with Crippen molar-refractivity contribution in [3.8, 4) is 22.7 Å². The number of benzene rings is 3. The van der Waals surface area contributed by atoms with Gasteiger partial charge in [0.1, 0.15) is 18.1 Å². The number of fused-ring (bicyclic) bond motifs is 1. The number of rotatable bonds is 11. The van der Waals surface area contributed by atoms with Gasteiger partial charge in [-0.2, -0.15) is 5.10 Å². The van der Waals surface area contributed by atoms with E-state index in [1.807, 2.05) is 74.6 Å². The van der Waals surface area contributed by atoms with Crippen molar-refractivity contribution in [3.63, 3.8) is 0 Å². The number of hydrogen-bond donors (Lipinski definition) is 0. The average Bonchev–Trinajstić information content (AvgIpc) is 3.69. The van der Waals surface area contributed by atoms with Crippen LogP contribution in [-0.2, 0) is 14.3 Å². The molecule has 0 spiro atoms. The molecule has 10 nitrogen and oxygen atoms in total. The Morgan fingerprint density at radius 3 is 2.38 bits per heavy atom. The Balaban J connectivity index is 1.50. The standard InChI is InChI=1S/C39H36N4O6S/c1-6-20-48-31-18-16-26(17-19-31)34-29(22-42(41-34)30-10-8-7-9-11-30)21-32-36(44)43-35(27-12-14-28(15-13-27)37(45)47-5)33(25(4)40-39(43)50-32)38(46)49-23-24(2)3/h6-19,21-22,24,35H,1,20,23H2,2-5H3. The fourth-order valence-electron chi connectivity index (χ4n) is 5.57. The summed E-state index contributed by atoms with van der Waals surface area (Å²) >= 11 is 1.22. The van der Waals surface area contributed by atoms with Gasteiger partial charge in [-0.15, -0.1) is 0 Å². The minimum atomic E-state index is -0.839. The Morgan fingerprint density at radius 1 is 1.00 bits per heavy atom. The molecule has 0 saturated carbocycles. The van der Waals surface area contributed by atoms with Crippen molar-refractivity contribution in [3.05, 3.63) is 145 Å². The van der Waals surface area contributed by atoms with Gasteiger partial charge in [0.25, 0.3) is 5.56 Å². The molecule has 6 rings (SSSR count). The number of esters is 2. The number of para-hydroxylation sites is 1. The zero-order valence-electron chi connectivity index (χ0n) is 28.2. The molecule has 254 valence electrons. The molecule has 1 atom stereocenters. The minimum Gasteiger partial charge on any atom is -0.490 e. The maximum absolute atomic E-state index is 14.4. The molecule has 3 aromatic carbocycles. The van der Waals surface area contributed by atoms with E-state index < -0.39 is 18.0 Å². The minimum absolute atomic E-state index is 0.112. The van der Waals surface area contributed by atoms with Crippen LogP contribution in [-0.4, -0.2) is 46.6 Å². The second-order valence-corrected chi connectivity index (χ2v) is 13.0. The van der Waals surface area contributed by atoms with Gasteiger partial charge in [0.2, 0.25) is 0 Å². The lowest BCUT2D eigenvalue weighted by atomic mass is 9.95. The molecule has 1 aliphatic rings. The molecular weight excluding hydrogens is 653 g/mol. The summed E-state index contributed by atoms with van der Waals surface area (Å²) in [6, 6.07) is 23.1. The molecule has 1 unspecified atom stereocenters. The van der Waals surface area contributed by atoms with Gasteiger partial charge in [-0.05, 0) is 73.0 Å². The summed E-state index contributed by atoms with van der Waals surface area (Å²) in [4.78, 5) is 45.4. The lowest BCUT2D eigenvalue weighted by molar-refractivity contribution is -0.140. The van der Waals surface area contributed by atoms with Crippen molar-refractivity contribution in [2.24, 2.45) is 10.9 Å². The number of carbonyl (C=O) groups is 2. The smallest absolute Gasteiger partial charge is 0.338 e. The highest BCUT2D eigenvalue weighted by molar-refractivity contribution is 7.07. The van der Waals surface area contributed by atoms with Crippen molar-refractivity contribution in [2.75, 3.05) is 20.3 Å². The lowest BCUT2D eigenvalue weighted by Gasteiger charge is -2.25. The van der Waals surface area contributed by atoms with Crippen molar-refractivity contribution >= 4 is 29.4 Å². The lowest BCUT2D eigenvalue weighted by Crippen LogP contribution is -2.40. The van der Waals surface area contributed by atoms with Crippen molar-refractivity contribution < 1.29 is 23.8 Å². The van der Waals surface area contributed by atoms with Crippen molar-refractivity contribution in [1.29, 1.82) is 0 Å². The van der Waals surface area contributed by atoms with Gasteiger partial charge >= 0.3 is 11.9 Å². The monoisotopic (exact) mass is 688 g/mol. The average molecular weight is 689 g/mol. The second-order valence-electron chi connectivity index (χ2n) is 12.0.